The number of hydrogen-bond acceptors (Lipinski definition) is 1. The van der Waals surface area contributed by atoms with Crippen molar-refractivity contribution in [2.45, 2.75) is 38.5 Å². The number of nitrogens with zero attached hydrogens (tertiary/aromatic N) is 2. The Morgan fingerprint density at radius 2 is 1.94 bits per heavy atom. The zero-order chi connectivity index (χ0) is 10.9. The summed E-state index contributed by atoms with van der Waals surface area (Å²) in [6, 6.07) is 0. The first-order valence-corrected chi connectivity index (χ1v) is 5.83. The van der Waals surface area contributed by atoms with Gasteiger partial charge in [-0.3, -0.25) is 4.99 Å². The molecule has 1 rings (SSSR count). The summed E-state index contributed by atoms with van der Waals surface area (Å²) >= 11 is 0. The summed E-state index contributed by atoms with van der Waals surface area (Å²) in [5.41, 5.74) is 5.90. The Bertz CT molecular complexity index is 239. The number of likely N-dealkylation sites (tertiary alicyclic amines) is 1. The van der Waals surface area contributed by atoms with E-state index in [1.54, 1.807) is 0 Å². The molecule has 0 unspecified atom stereocenters. The van der Waals surface area contributed by atoms with Crippen LogP contribution in [0.4, 0.5) is 0 Å². The minimum absolute atomic E-state index is 0. The number of piperidine rings is 1. The lowest BCUT2D eigenvalue weighted by atomic mass is 10.1. The van der Waals surface area contributed by atoms with Crippen molar-refractivity contribution in [3.05, 3.63) is 0 Å². The van der Waals surface area contributed by atoms with Crippen molar-refractivity contribution in [3.63, 3.8) is 0 Å². The van der Waals surface area contributed by atoms with E-state index >= 15 is 0 Å². The molecule has 92 valence electrons. The normalized spacial score (nSPS) is 16.4. The van der Waals surface area contributed by atoms with Crippen LogP contribution in [0.15, 0.2) is 4.99 Å². The Morgan fingerprint density at radius 1 is 1.25 bits per heavy atom. The first-order valence-electron chi connectivity index (χ1n) is 5.83. The van der Waals surface area contributed by atoms with Gasteiger partial charge in [-0.25, -0.2) is 0 Å². The van der Waals surface area contributed by atoms with E-state index in [9.17, 15) is 0 Å². The van der Waals surface area contributed by atoms with Gasteiger partial charge in [0.25, 0.3) is 0 Å². The van der Waals surface area contributed by atoms with Gasteiger partial charge in [-0.2, -0.15) is 0 Å². The minimum Gasteiger partial charge on any atom is -0.370 e. The maximum atomic E-state index is 5.90. The van der Waals surface area contributed by atoms with Crippen LogP contribution in [0.25, 0.3) is 0 Å². The molecule has 0 aromatic heterocycles. The van der Waals surface area contributed by atoms with Gasteiger partial charge >= 0.3 is 0 Å². The van der Waals surface area contributed by atoms with Crippen LogP contribution in [-0.2, 0) is 0 Å². The zero-order valence-corrected chi connectivity index (χ0v) is 12.2. The van der Waals surface area contributed by atoms with Crippen LogP contribution >= 0.6 is 24.0 Å². The maximum absolute atomic E-state index is 5.90. The number of guanidine groups is 1. The second-order valence-corrected chi connectivity index (χ2v) is 3.95. The number of nitrogens with two attached hydrogens (primary N) is 1. The fourth-order valence-electron chi connectivity index (χ4n) is 1.76. The van der Waals surface area contributed by atoms with Gasteiger partial charge in [-0.05, 0) is 32.1 Å². The number of halogens is 1. The molecule has 0 saturated carbocycles. The Labute approximate surface area is 116 Å². The van der Waals surface area contributed by atoms with Crippen molar-refractivity contribution in [1.29, 1.82) is 0 Å². The summed E-state index contributed by atoms with van der Waals surface area (Å²) in [6.45, 7) is 2.95. The summed E-state index contributed by atoms with van der Waals surface area (Å²) in [4.78, 5) is 6.56. The molecule has 1 heterocycles. The second kappa shape index (κ2) is 9.76. The topological polar surface area (TPSA) is 41.6 Å². The summed E-state index contributed by atoms with van der Waals surface area (Å²) in [5, 5.41) is 0. The molecule has 4 heteroatoms. The fourth-order valence-corrected chi connectivity index (χ4v) is 1.76. The molecular formula is C12H22IN3. The van der Waals surface area contributed by atoms with Crippen molar-refractivity contribution in [2.75, 3.05) is 19.6 Å². The third-order valence-corrected chi connectivity index (χ3v) is 2.68. The molecule has 0 aromatic carbocycles. The quantitative estimate of drug-likeness (QED) is 0.281. The Morgan fingerprint density at radius 3 is 2.56 bits per heavy atom. The standard InChI is InChI=1S/C12H21N3.HI/c1-2-3-4-6-9-14-12(13)15-10-7-5-8-11-15;/h1H,3-11H2,(H2,13,14);1H. The van der Waals surface area contributed by atoms with Crippen LogP contribution in [0, 0.1) is 12.3 Å². The first kappa shape index (κ1) is 15.6. The molecule has 16 heavy (non-hydrogen) atoms. The van der Waals surface area contributed by atoms with E-state index < -0.39 is 0 Å². The van der Waals surface area contributed by atoms with Gasteiger partial charge in [-0.15, -0.1) is 36.3 Å². The van der Waals surface area contributed by atoms with E-state index in [4.69, 9.17) is 12.2 Å². The van der Waals surface area contributed by atoms with Crippen LogP contribution in [0.2, 0.25) is 0 Å². The zero-order valence-electron chi connectivity index (χ0n) is 9.82. The first-order chi connectivity index (χ1) is 7.34. The predicted molar refractivity (Wildman–Crippen MR) is 80.0 cm³/mol. The van der Waals surface area contributed by atoms with Crippen LogP contribution in [-0.4, -0.2) is 30.5 Å². The van der Waals surface area contributed by atoms with E-state index in [2.05, 4.69) is 15.8 Å². The number of rotatable bonds is 4. The molecule has 0 aliphatic carbocycles. The Hall–Kier alpha value is -0.440. The lowest BCUT2D eigenvalue weighted by Crippen LogP contribution is -2.40. The highest BCUT2D eigenvalue weighted by atomic mass is 127. The smallest absolute Gasteiger partial charge is 0.191 e. The van der Waals surface area contributed by atoms with Gasteiger partial charge in [-0.1, -0.05) is 0 Å². The van der Waals surface area contributed by atoms with Crippen molar-refractivity contribution >= 4 is 29.9 Å². The molecule has 0 radical (unpaired) electrons. The lowest BCUT2D eigenvalue weighted by molar-refractivity contribution is 0.338. The molecule has 0 spiro atoms. The lowest BCUT2D eigenvalue weighted by Gasteiger charge is -2.27. The second-order valence-electron chi connectivity index (χ2n) is 3.95. The molecule has 1 fully saturated rings. The average Bonchev–Trinajstić information content (AvgIpc) is 2.30. The van der Waals surface area contributed by atoms with E-state index in [1.807, 2.05) is 0 Å². The summed E-state index contributed by atoms with van der Waals surface area (Å²) in [6.07, 6.45) is 11.9. The summed E-state index contributed by atoms with van der Waals surface area (Å²) in [5.74, 6) is 3.35. The fraction of sp³-hybridized carbons (Fsp3) is 0.750. The minimum atomic E-state index is 0. The Kier molecular flexibility index (Phi) is 9.49. The average molecular weight is 335 g/mol. The van der Waals surface area contributed by atoms with Crippen LogP contribution in [0.3, 0.4) is 0 Å². The summed E-state index contributed by atoms with van der Waals surface area (Å²) < 4.78 is 0. The van der Waals surface area contributed by atoms with Gasteiger partial charge in [0.05, 0.1) is 0 Å². The number of aliphatic imine (C=N–C) groups is 1. The summed E-state index contributed by atoms with van der Waals surface area (Å²) in [7, 11) is 0. The van der Waals surface area contributed by atoms with Gasteiger partial charge in [0.2, 0.25) is 0 Å². The van der Waals surface area contributed by atoms with Crippen LogP contribution in [0.1, 0.15) is 38.5 Å². The third-order valence-electron chi connectivity index (χ3n) is 2.68. The van der Waals surface area contributed by atoms with Crippen molar-refractivity contribution < 1.29 is 0 Å². The molecular weight excluding hydrogens is 313 g/mol. The van der Waals surface area contributed by atoms with Crippen molar-refractivity contribution in [3.8, 4) is 12.3 Å². The molecule has 0 atom stereocenters. The highest BCUT2D eigenvalue weighted by Gasteiger charge is 2.11. The van der Waals surface area contributed by atoms with E-state index in [0.717, 1.165) is 44.9 Å². The van der Waals surface area contributed by atoms with Gasteiger partial charge in [0.1, 0.15) is 0 Å². The molecule has 0 bridgehead atoms. The SMILES string of the molecule is C#CCCCCN=C(N)N1CCCCC1.I. The molecule has 2 N–H and O–H groups in total. The van der Waals surface area contributed by atoms with E-state index in [-0.39, 0.29) is 24.0 Å². The number of hydrogen-bond donors (Lipinski definition) is 1. The third kappa shape index (κ3) is 6.21. The molecule has 3 nitrogen and oxygen atoms in total. The predicted octanol–water partition coefficient (Wildman–Crippen LogP) is 2.21. The Balaban J connectivity index is 0.00000225. The van der Waals surface area contributed by atoms with Gasteiger partial charge in [0, 0.05) is 26.1 Å². The molecule has 0 aromatic rings. The highest BCUT2D eigenvalue weighted by Crippen LogP contribution is 2.07. The highest BCUT2D eigenvalue weighted by molar-refractivity contribution is 14.0. The maximum Gasteiger partial charge on any atom is 0.191 e. The van der Waals surface area contributed by atoms with Crippen molar-refractivity contribution in [2.24, 2.45) is 10.7 Å². The molecule has 1 aliphatic rings. The van der Waals surface area contributed by atoms with Crippen LogP contribution in [0.5, 0.6) is 0 Å². The van der Waals surface area contributed by atoms with Crippen molar-refractivity contribution in [1.82, 2.24) is 4.90 Å². The van der Waals surface area contributed by atoms with E-state index in [0.29, 0.717) is 0 Å². The van der Waals surface area contributed by atoms with E-state index in [1.165, 1.54) is 19.3 Å². The molecule has 1 aliphatic heterocycles. The van der Waals surface area contributed by atoms with Crippen LogP contribution < -0.4 is 5.73 Å². The largest absolute Gasteiger partial charge is 0.370 e. The monoisotopic (exact) mass is 335 g/mol. The molecule has 0 amide bonds. The van der Waals surface area contributed by atoms with Gasteiger partial charge in [0.15, 0.2) is 5.96 Å². The number of terminal acetylenes is 1. The van der Waals surface area contributed by atoms with Gasteiger partial charge < -0.3 is 10.6 Å². The molecule has 1 saturated heterocycles. The number of unbranched alkanes of at least 4 members (excludes halogenated alkanes) is 2.